The topological polar surface area (TPSA) is 44.8 Å². The Balaban J connectivity index is 2.12. The average Bonchev–Trinajstić information content (AvgIpc) is 2.73. The third-order valence-corrected chi connectivity index (χ3v) is 6.76. The number of nitrogens with zero attached hydrogens (tertiary/aromatic N) is 1. The molecule has 0 bridgehead atoms. The lowest BCUT2D eigenvalue weighted by molar-refractivity contribution is -0.935. The monoisotopic (exact) mass is 426 g/mol. The van der Waals surface area contributed by atoms with E-state index >= 15 is 0 Å². The lowest BCUT2D eigenvalue weighted by Crippen LogP contribution is -2.52. The summed E-state index contributed by atoms with van der Waals surface area (Å²) in [6, 6.07) is 8.97. The summed E-state index contributed by atoms with van der Waals surface area (Å²) in [5, 5.41) is 0. The van der Waals surface area contributed by atoms with Crippen LogP contribution >= 0.6 is 0 Å². The Hall–Kier alpha value is -2.53. The molecule has 0 spiro atoms. The van der Waals surface area contributed by atoms with Gasteiger partial charge in [-0.15, -0.1) is 0 Å². The van der Waals surface area contributed by atoms with Gasteiger partial charge < -0.3 is 18.7 Å². The van der Waals surface area contributed by atoms with Crippen LogP contribution in [0, 0.1) is 20.8 Å². The Labute approximate surface area is 186 Å². The molecule has 1 aliphatic rings. The van der Waals surface area contributed by atoms with Crippen LogP contribution in [0.15, 0.2) is 24.3 Å². The Bertz CT molecular complexity index is 968. The van der Waals surface area contributed by atoms with E-state index < -0.39 is 0 Å². The van der Waals surface area contributed by atoms with E-state index in [1.807, 2.05) is 0 Å². The summed E-state index contributed by atoms with van der Waals surface area (Å²) in [4.78, 5) is 11.2. The Morgan fingerprint density at radius 3 is 2.45 bits per heavy atom. The predicted octanol–water partition coefficient (Wildman–Crippen LogP) is 4.67. The highest BCUT2D eigenvalue weighted by Gasteiger charge is 2.42. The first-order valence-corrected chi connectivity index (χ1v) is 11.0. The molecular formula is C26H36NO4+. The highest BCUT2D eigenvalue weighted by atomic mass is 16.5. The molecule has 3 rings (SSSR count). The van der Waals surface area contributed by atoms with Crippen LogP contribution in [0.5, 0.6) is 11.5 Å². The van der Waals surface area contributed by atoms with E-state index in [0.717, 1.165) is 47.5 Å². The summed E-state index contributed by atoms with van der Waals surface area (Å²) in [5.74, 6) is 1.68. The number of fused-ring (bicyclic) bond motifs is 1. The SMILES string of the molecule is COc1ccc(C2c3c(cc(C)c(C)c3OC)CC[N+]2(C)CCCOC(C)=O)cc1C. The van der Waals surface area contributed by atoms with Crippen molar-refractivity contribution in [1.82, 2.24) is 0 Å². The molecule has 0 saturated heterocycles. The first kappa shape index (κ1) is 23.1. The molecule has 168 valence electrons. The van der Waals surface area contributed by atoms with Gasteiger partial charge in [-0.05, 0) is 61.2 Å². The van der Waals surface area contributed by atoms with Gasteiger partial charge in [0.1, 0.15) is 17.5 Å². The molecular weight excluding hydrogens is 390 g/mol. The number of methoxy groups -OCH3 is 2. The second-order valence-corrected chi connectivity index (χ2v) is 8.93. The smallest absolute Gasteiger partial charge is 0.302 e. The molecule has 0 saturated carbocycles. The minimum Gasteiger partial charge on any atom is -0.496 e. The van der Waals surface area contributed by atoms with Gasteiger partial charge in [-0.1, -0.05) is 6.07 Å². The number of aryl methyl sites for hydroxylation is 2. The van der Waals surface area contributed by atoms with E-state index in [1.54, 1.807) is 14.2 Å². The Morgan fingerprint density at radius 2 is 1.84 bits per heavy atom. The zero-order valence-electron chi connectivity index (χ0n) is 20.0. The molecule has 0 radical (unpaired) electrons. The van der Waals surface area contributed by atoms with Crippen LogP contribution in [-0.4, -0.2) is 51.4 Å². The molecule has 0 N–H and O–H groups in total. The third kappa shape index (κ3) is 4.57. The van der Waals surface area contributed by atoms with Crippen molar-refractivity contribution in [2.45, 2.75) is 46.6 Å². The largest absolute Gasteiger partial charge is 0.496 e. The first-order chi connectivity index (χ1) is 14.7. The van der Waals surface area contributed by atoms with E-state index in [-0.39, 0.29) is 12.0 Å². The number of carbonyl (C=O) groups excluding carboxylic acids is 1. The zero-order chi connectivity index (χ0) is 22.8. The predicted molar refractivity (Wildman–Crippen MR) is 123 cm³/mol. The maximum atomic E-state index is 11.2. The van der Waals surface area contributed by atoms with Gasteiger partial charge in [-0.25, -0.2) is 0 Å². The molecule has 1 heterocycles. The van der Waals surface area contributed by atoms with Crippen molar-refractivity contribution in [2.24, 2.45) is 0 Å². The summed E-state index contributed by atoms with van der Waals surface area (Å²) in [6.45, 7) is 10.2. The molecule has 0 aliphatic carbocycles. The lowest BCUT2D eigenvalue weighted by atomic mass is 9.82. The van der Waals surface area contributed by atoms with Crippen LogP contribution in [0.1, 0.15) is 52.8 Å². The van der Waals surface area contributed by atoms with Gasteiger partial charge in [0, 0.05) is 25.3 Å². The fourth-order valence-corrected chi connectivity index (χ4v) is 5.04. The summed E-state index contributed by atoms with van der Waals surface area (Å²) in [7, 11) is 5.80. The molecule has 31 heavy (non-hydrogen) atoms. The van der Waals surface area contributed by atoms with Crippen LogP contribution in [0.4, 0.5) is 0 Å². The number of quaternary nitrogens is 1. The van der Waals surface area contributed by atoms with Crippen LogP contribution in [0.2, 0.25) is 0 Å². The number of benzene rings is 2. The molecule has 2 aromatic carbocycles. The fraction of sp³-hybridized carbons (Fsp3) is 0.500. The standard InChI is InChI=1S/C26H36NO4/c1-17-15-21-11-13-27(5,12-8-14-31-20(4)28)25(24(21)26(30-7)19(17)3)22-9-10-23(29-6)18(2)16-22/h9-10,15-16,25H,8,11-14H2,1-7H3/q+1. The van der Waals surface area contributed by atoms with Crippen LogP contribution < -0.4 is 9.47 Å². The highest BCUT2D eigenvalue weighted by Crippen LogP contribution is 2.46. The lowest BCUT2D eigenvalue weighted by Gasteiger charge is -2.46. The summed E-state index contributed by atoms with van der Waals surface area (Å²) >= 11 is 0. The van der Waals surface area contributed by atoms with Gasteiger partial charge in [0.2, 0.25) is 0 Å². The maximum absolute atomic E-state index is 11.2. The van der Waals surface area contributed by atoms with E-state index in [9.17, 15) is 4.79 Å². The minimum absolute atomic E-state index is 0.139. The van der Waals surface area contributed by atoms with Crippen molar-refractivity contribution in [1.29, 1.82) is 0 Å². The van der Waals surface area contributed by atoms with Gasteiger partial charge in [0.15, 0.2) is 0 Å². The van der Waals surface area contributed by atoms with Crippen LogP contribution in [0.25, 0.3) is 0 Å². The van der Waals surface area contributed by atoms with Crippen molar-refractivity contribution in [2.75, 3.05) is 41.0 Å². The maximum Gasteiger partial charge on any atom is 0.302 e. The molecule has 1 aliphatic heterocycles. The highest BCUT2D eigenvalue weighted by molar-refractivity contribution is 5.65. The second kappa shape index (κ2) is 9.31. The van der Waals surface area contributed by atoms with E-state index in [1.165, 1.54) is 34.7 Å². The number of carbonyl (C=O) groups is 1. The number of hydrogen-bond donors (Lipinski definition) is 0. The van der Waals surface area contributed by atoms with Gasteiger partial charge in [-0.3, -0.25) is 4.79 Å². The zero-order valence-corrected chi connectivity index (χ0v) is 20.0. The number of ether oxygens (including phenoxy) is 3. The molecule has 5 heteroatoms. The molecule has 2 aromatic rings. The van der Waals surface area contributed by atoms with Gasteiger partial charge in [-0.2, -0.15) is 0 Å². The van der Waals surface area contributed by atoms with Crippen molar-refractivity contribution < 1.29 is 23.5 Å². The van der Waals surface area contributed by atoms with Crippen molar-refractivity contribution in [3.63, 3.8) is 0 Å². The first-order valence-electron chi connectivity index (χ1n) is 11.0. The third-order valence-electron chi connectivity index (χ3n) is 6.76. The molecule has 2 unspecified atom stereocenters. The molecule has 2 atom stereocenters. The van der Waals surface area contributed by atoms with Crippen molar-refractivity contribution in [3.8, 4) is 11.5 Å². The molecule has 0 fully saturated rings. The molecule has 5 nitrogen and oxygen atoms in total. The summed E-state index contributed by atoms with van der Waals surface area (Å²) in [5.41, 5.74) is 7.51. The van der Waals surface area contributed by atoms with E-state index in [4.69, 9.17) is 14.2 Å². The molecule has 0 amide bonds. The number of esters is 1. The van der Waals surface area contributed by atoms with Crippen LogP contribution in [0.3, 0.4) is 0 Å². The quantitative estimate of drug-likeness (QED) is 0.367. The van der Waals surface area contributed by atoms with Gasteiger partial charge in [0.25, 0.3) is 0 Å². The number of likely N-dealkylation sites (N-methyl/N-ethyl adjacent to an activating group) is 1. The van der Waals surface area contributed by atoms with E-state index in [0.29, 0.717) is 6.61 Å². The van der Waals surface area contributed by atoms with Crippen molar-refractivity contribution >= 4 is 5.97 Å². The number of rotatable bonds is 7. The fourth-order valence-electron chi connectivity index (χ4n) is 5.04. The minimum atomic E-state index is -0.221. The van der Waals surface area contributed by atoms with E-state index in [2.05, 4.69) is 52.1 Å². The summed E-state index contributed by atoms with van der Waals surface area (Å²) < 4.78 is 17.6. The Kier molecular flexibility index (Phi) is 6.95. The van der Waals surface area contributed by atoms with Crippen molar-refractivity contribution in [3.05, 3.63) is 57.6 Å². The molecule has 0 aromatic heterocycles. The Morgan fingerprint density at radius 1 is 1.10 bits per heavy atom. The normalized spacial score (nSPS) is 20.2. The van der Waals surface area contributed by atoms with Crippen LogP contribution in [-0.2, 0) is 16.0 Å². The van der Waals surface area contributed by atoms with Gasteiger partial charge in [0.05, 0.1) is 46.5 Å². The average molecular weight is 427 g/mol. The second-order valence-electron chi connectivity index (χ2n) is 8.93. The summed E-state index contributed by atoms with van der Waals surface area (Å²) in [6.07, 6.45) is 1.83. The number of hydrogen-bond acceptors (Lipinski definition) is 4. The van der Waals surface area contributed by atoms with Gasteiger partial charge >= 0.3 is 5.97 Å².